The van der Waals surface area contributed by atoms with Gasteiger partial charge in [-0.1, -0.05) is 0 Å². The first-order chi connectivity index (χ1) is 5.99. The monoisotopic (exact) mass is 228 g/mol. The van der Waals surface area contributed by atoms with Crippen LogP contribution in [0.4, 0.5) is 0 Å². The van der Waals surface area contributed by atoms with E-state index in [2.05, 4.69) is 18.0 Å². The third kappa shape index (κ3) is 3.50. The Labute approximate surface area is 75.7 Å². The van der Waals surface area contributed by atoms with Gasteiger partial charge < -0.3 is 4.18 Å². The Hall–Kier alpha value is -0.970. The smallest absolute Gasteiger partial charge is 0.341 e. The van der Waals surface area contributed by atoms with Gasteiger partial charge in [-0.05, 0) is 0 Å². The van der Waals surface area contributed by atoms with Gasteiger partial charge in [0, 0.05) is 6.07 Å². The maximum atomic E-state index is 10.7. The van der Waals surface area contributed by atoms with Gasteiger partial charge in [-0.2, -0.15) is 17.7 Å². The molecule has 13 heavy (non-hydrogen) atoms. The van der Waals surface area contributed by atoms with E-state index in [1.807, 2.05) is 0 Å². The largest absolute Gasteiger partial charge is 0.465 e. The molecule has 0 spiro atoms. The van der Waals surface area contributed by atoms with E-state index in [-0.39, 0.29) is 5.88 Å². The van der Waals surface area contributed by atoms with E-state index >= 15 is 0 Å². The lowest BCUT2D eigenvalue weighted by molar-refractivity contribution is 0.376. The lowest BCUT2D eigenvalue weighted by Gasteiger charge is -1.99. The summed E-state index contributed by atoms with van der Waals surface area (Å²) in [6.45, 7) is 0. The molecule has 0 aliphatic carbocycles. The standard InChI is InChI=1S/C3H4N2O6S2/c6-12(7)11-13(8,9)10-3-1-2-4-5-3/h1-2H,(H,4,5)(H,6,7). The first-order valence-corrected chi connectivity index (χ1v) is 5.11. The Morgan fingerprint density at radius 3 is 2.77 bits per heavy atom. The molecule has 0 radical (unpaired) electrons. The molecule has 1 heterocycles. The van der Waals surface area contributed by atoms with Crippen molar-refractivity contribution in [1.82, 2.24) is 10.2 Å². The van der Waals surface area contributed by atoms with Crippen LogP contribution in [0.25, 0.3) is 0 Å². The summed E-state index contributed by atoms with van der Waals surface area (Å²) in [5.74, 6) is -0.217. The summed E-state index contributed by atoms with van der Waals surface area (Å²) in [6.07, 6.45) is 1.24. The molecular weight excluding hydrogens is 224 g/mol. The first kappa shape index (κ1) is 10.1. The summed E-state index contributed by atoms with van der Waals surface area (Å²) in [7, 11) is -4.53. The zero-order valence-electron chi connectivity index (χ0n) is 5.91. The van der Waals surface area contributed by atoms with Crippen LogP contribution in [0.15, 0.2) is 12.3 Å². The summed E-state index contributed by atoms with van der Waals surface area (Å²) < 4.78 is 47.0. The molecule has 1 rings (SSSR count). The maximum absolute atomic E-state index is 10.7. The third-order valence-corrected chi connectivity index (χ3v) is 2.32. The van der Waals surface area contributed by atoms with E-state index in [0.29, 0.717) is 0 Å². The van der Waals surface area contributed by atoms with Gasteiger partial charge in [0.15, 0.2) is 0 Å². The van der Waals surface area contributed by atoms with Crippen molar-refractivity contribution in [3.8, 4) is 5.88 Å². The highest BCUT2D eigenvalue weighted by Gasteiger charge is 2.18. The minimum Gasteiger partial charge on any atom is -0.341 e. The minimum absolute atomic E-state index is 0.217. The fourth-order valence-electron chi connectivity index (χ4n) is 0.485. The van der Waals surface area contributed by atoms with Crippen molar-refractivity contribution in [3.63, 3.8) is 0 Å². The highest BCUT2D eigenvalue weighted by Crippen LogP contribution is 2.07. The van der Waals surface area contributed by atoms with Crippen LogP contribution < -0.4 is 4.18 Å². The molecule has 0 saturated carbocycles. The van der Waals surface area contributed by atoms with Crippen LogP contribution in [-0.2, 0) is 25.4 Å². The second-order valence-corrected chi connectivity index (χ2v) is 3.66. The first-order valence-electron chi connectivity index (χ1n) is 2.74. The van der Waals surface area contributed by atoms with Gasteiger partial charge in [-0.3, -0.25) is 4.55 Å². The van der Waals surface area contributed by atoms with Crippen LogP contribution in [0.2, 0.25) is 0 Å². The van der Waals surface area contributed by atoms with Crippen molar-refractivity contribution >= 4 is 21.8 Å². The maximum Gasteiger partial charge on any atom is 0.465 e. The predicted octanol–water partition coefficient (Wildman–Crippen LogP) is -0.813. The summed E-state index contributed by atoms with van der Waals surface area (Å²) >= 11 is -2.94. The zero-order chi connectivity index (χ0) is 9.90. The summed E-state index contributed by atoms with van der Waals surface area (Å²) in [6, 6.07) is 1.20. The van der Waals surface area contributed by atoms with Crippen LogP contribution in [-0.4, -0.2) is 27.4 Å². The molecule has 2 N–H and O–H groups in total. The lowest BCUT2D eigenvalue weighted by Crippen LogP contribution is -2.14. The molecule has 0 aliphatic heterocycles. The van der Waals surface area contributed by atoms with Crippen LogP contribution in [0.3, 0.4) is 0 Å². The predicted molar refractivity (Wildman–Crippen MR) is 40.0 cm³/mol. The van der Waals surface area contributed by atoms with Crippen molar-refractivity contribution in [2.75, 3.05) is 0 Å². The van der Waals surface area contributed by atoms with Crippen molar-refractivity contribution < 1.29 is 25.0 Å². The van der Waals surface area contributed by atoms with Crippen molar-refractivity contribution in [1.29, 1.82) is 0 Å². The van der Waals surface area contributed by atoms with Gasteiger partial charge in [-0.15, -0.1) is 3.63 Å². The molecule has 8 nitrogen and oxygen atoms in total. The van der Waals surface area contributed by atoms with Crippen LogP contribution >= 0.6 is 0 Å². The summed E-state index contributed by atoms with van der Waals surface area (Å²) in [5, 5.41) is 5.53. The van der Waals surface area contributed by atoms with Crippen LogP contribution in [0, 0.1) is 0 Å². The second kappa shape index (κ2) is 3.83. The Kier molecular flexibility index (Phi) is 2.98. The molecule has 1 aromatic heterocycles. The van der Waals surface area contributed by atoms with Gasteiger partial charge in [0.25, 0.3) is 0 Å². The van der Waals surface area contributed by atoms with E-state index in [1.165, 1.54) is 12.3 Å². The van der Waals surface area contributed by atoms with Crippen LogP contribution in [0.1, 0.15) is 0 Å². The van der Waals surface area contributed by atoms with E-state index in [0.717, 1.165) is 0 Å². The van der Waals surface area contributed by atoms with Crippen molar-refractivity contribution in [2.45, 2.75) is 0 Å². The van der Waals surface area contributed by atoms with Crippen LogP contribution in [0.5, 0.6) is 5.88 Å². The highest BCUT2D eigenvalue weighted by molar-refractivity contribution is 7.92. The van der Waals surface area contributed by atoms with Gasteiger partial charge in [-0.25, -0.2) is 5.10 Å². The fourth-order valence-corrected chi connectivity index (χ4v) is 1.48. The Bertz CT molecular complexity index is 382. The Morgan fingerprint density at radius 2 is 2.31 bits per heavy atom. The normalized spacial score (nSPS) is 13.9. The molecular formula is C3H4N2O6S2. The molecule has 10 heteroatoms. The quantitative estimate of drug-likeness (QED) is 0.646. The minimum atomic E-state index is -4.53. The average molecular weight is 228 g/mol. The molecule has 74 valence electrons. The Balaban J connectivity index is 2.68. The SMILES string of the molecule is O=S(O)OS(=O)(=O)Oc1ccn[nH]1. The summed E-state index contributed by atoms with van der Waals surface area (Å²) in [4.78, 5) is 0. The number of H-pyrrole nitrogens is 1. The molecule has 0 saturated heterocycles. The second-order valence-electron chi connectivity index (χ2n) is 1.70. The van der Waals surface area contributed by atoms with E-state index in [1.54, 1.807) is 0 Å². The molecule has 1 aromatic rings. The molecule has 0 fully saturated rings. The fraction of sp³-hybridized carbons (Fsp3) is 0. The number of hydrogen-bond donors (Lipinski definition) is 2. The molecule has 0 aliphatic rings. The number of rotatable bonds is 4. The van der Waals surface area contributed by atoms with E-state index in [9.17, 15) is 12.6 Å². The number of aromatic amines is 1. The molecule has 0 amide bonds. The highest BCUT2D eigenvalue weighted by atomic mass is 32.3. The summed E-state index contributed by atoms with van der Waals surface area (Å²) in [5.41, 5.74) is 0. The zero-order valence-corrected chi connectivity index (χ0v) is 7.54. The topological polar surface area (TPSA) is 119 Å². The molecule has 1 unspecified atom stereocenters. The number of aromatic nitrogens is 2. The lowest BCUT2D eigenvalue weighted by atomic mass is 10.7. The molecule has 0 bridgehead atoms. The van der Waals surface area contributed by atoms with E-state index in [4.69, 9.17) is 4.55 Å². The third-order valence-electron chi connectivity index (χ3n) is 0.809. The van der Waals surface area contributed by atoms with Gasteiger partial charge in [0.2, 0.25) is 5.88 Å². The number of nitrogens with zero attached hydrogens (tertiary/aromatic N) is 1. The van der Waals surface area contributed by atoms with Gasteiger partial charge in [0.05, 0.1) is 6.20 Å². The number of hydrogen-bond acceptors (Lipinski definition) is 6. The average Bonchev–Trinajstić information content (AvgIpc) is 2.34. The van der Waals surface area contributed by atoms with Crippen molar-refractivity contribution in [3.05, 3.63) is 12.3 Å². The molecule has 1 atom stereocenters. The number of nitrogens with one attached hydrogen (secondary N) is 1. The van der Waals surface area contributed by atoms with Gasteiger partial charge in [0.1, 0.15) is 0 Å². The Morgan fingerprint density at radius 1 is 1.62 bits per heavy atom. The molecule has 0 aromatic carbocycles. The van der Waals surface area contributed by atoms with Gasteiger partial charge >= 0.3 is 21.8 Å². The van der Waals surface area contributed by atoms with Crippen molar-refractivity contribution in [2.24, 2.45) is 0 Å². The van der Waals surface area contributed by atoms with E-state index < -0.39 is 21.8 Å².